The van der Waals surface area contributed by atoms with Crippen molar-refractivity contribution in [1.29, 1.82) is 0 Å². The van der Waals surface area contributed by atoms with Gasteiger partial charge in [-0.25, -0.2) is 0 Å². The molecule has 0 spiro atoms. The highest BCUT2D eigenvalue weighted by Gasteiger charge is 2.08. The van der Waals surface area contributed by atoms with Crippen molar-refractivity contribution < 1.29 is 19.8 Å². The lowest BCUT2D eigenvalue weighted by molar-refractivity contribution is -0.137. The Kier molecular flexibility index (Phi) is 4.40. The minimum atomic E-state index is -1.00. The summed E-state index contributed by atoms with van der Waals surface area (Å²) in [5.41, 5.74) is 0. The fraction of sp³-hybridized carbons (Fsp3) is 0.667. The Balaban J connectivity index is 3.54. The molecule has 0 bridgehead atoms. The van der Waals surface area contributed by atoms with Crippen LogP contribution >= 0.6 is 0 Å². The number of hydrogen-bond donors (Lipinski definition) is 3. The van der Waals surface area contributed by atoms with Gasteiger partial charge in [0.05, 0.1) is 12.7 Å². The van der Waals surface area contributed by atoms with Crippen molar-refractivity contribution in [1.82, 2.24) is 5.32 Å². The average molecular weight is 161 g/mol. The summed E-state index contributed by atoms with van der Waals surface area (Å²) in [6, 6.07) is 0. The lowest BCUT2D eigenvalue weighted by Crippen LogP contribution is -2.36. The SMILES string of the molecule is CC(=O)C(=O)NC[C@@H](O)CO. The van der Waals surface area contributed by atoms with Crippen LogP contribution in [0.5, 0.6) is 0 Å². The van der Waals surface area contributed by atoms with Crippen LogP contribution in [0, 0.1) is 0 Å². The van der Waals surface area contributed by atoms with Gasteiger partial charge in [0.15, 0.2) is 0 Å². The lowest BCUT2D eigenvalue weighted by atomic mass is 10.3. The second-order valence-corrected chi connectivity index (χ2v) is 2.10. The second-order valence-electron chi connectivity index (χ2n) is 2.10. The molecule has 0 radical (unpaired) electrons. The highest BCUT2D eigenvalue weighted by Crippen LogP contribution is 1.77. The number of aliphatic hydroxyl groups is 2. The first kappa shape index (κ1) is 10.1. The van der Waals surface area contributed by atoms with Gasteiger partial charge >= 0.3 is 0 Å². The van der Waals surface area contributed by atoms with Gasteiger partial charge in [-0.2, -0.15) is 0 Å². The Bertz CT molecular complexity index is 157. The molecule has 1 amide bonds. The summed E-state index contributed by atoms with van der Waals surface area (Å²) in [6.07, 6.45) is -1.00. The molecular formula is C6H11NO4. The summed E-state index contributed by atoms with van der Waals surface area (Å²) in [4.78, 5) is 20.8. The molecule has 1 atom stereocenters. The van der Waals surface area contributed by atoms with E-state index in [1.165, 1.54) is 0 Å². The molecule has 3 N–H and O–H groups in total. The van der Waals surface area contributed by atoms with Gasteiger partial charge in [-0.15, -0.1) is 0 Å². The second kappa shape index (κ2) is 4.81. The third kappa shape index (κ3) is 4.46. The fourth-order valence-corrected chi connectivity index (χ4v) is 0.400. The molecule has 5 heteroatoms. The van der Waals surface area contributed by atoms with E-state index in [2.05, 4.69) is 5.32 Å². The Morgan fingerprint density at radius 2 is 2.09 bits per heavy atom. The maximum absolute atomic E-state index is 10.5. The lowest BCUT2D eigenvalue weighted by Gasteiger charge is -2.06. The van der Waals surface area contributed by atoms with E-state index in [1.54, 1.807) is 0 Å². The van der Waals surface area contributed by atoms with Gasteiger partial charge in [-0.3, -0.25) is 9.59 Å². The number of amides is 1. The van der Waals surface area contributed by atoms with Crippen LogP contribution in [-0.2, 0) is 9.59 Å². The molecule has 11 heavy (non-hydrogen) atoms. The van der Waals surface area contributed by atoms with E-state index in [4.69, 9.17) is 10.2 Å². The predicted molar refractivity (Wildman–Crippen MR) is 36.8 cm³/mol. The molecule has 0 unspecified atom stereocenters. The monoisotopic (exact) mass is 161 g/mol. The highest BCUT2D eigenvalue weighted by atomic mass is 16.3. The van der Waals surface area contributed by atoms with E-state index in [1.807, 2.05) is 0 Å². The first-order valence-corrected chi connectivity index (χ1v) is 3.15. The minimum Gasteiger partial charge on any atom is -0.394 e. The Labute approximate surface area is 64.0 Å². The topological polar surface area (TPSA) is 86.6 Å². The maximum atomic E-state index is 10.5. The van der Waals surface area contributed by atoms with E-state index >= 15 is 0 Å². The van der Waals surface area contributed by atoms with Crippen LogP contribution in [0.15, 0.2) is 0 Å². The van der Waals surface area contributed by atoms with Crippen molar-refractivity contribution in [3.63, 3.8) is 0 Å². The fourth-order valence-electron chi connectivity index (χ4n) is 0.400. The molecule has 0 saturated heterocycles. The number of nitrogens with one attached hydrogen (secondary N) is 1. The molecule has 0 aliphatic heterocycles. The zero-order valence-electron chi connectivity index (χ0n) is 6.20. The van der Waals surface area contributed by atoms with E-state index in [0.717, 1.165) is 6.92 Å². The third-order valence-electron chi connectivity index (χ3n) is 1.03. The molecule has 0 heterocycles. The summed E-state index contributed by atoms with van der Waals surface area (Å²) in [7, 11) is 0. The van der Waals surface area contributed by atoms with Crippen molar-refractivity contribution in [3.05, 3.63) is 0 Å². The number of aliphatic hydroxyl groups excluding tert-OH is 2. The Hall–Kier alpha value is -0.940. The van der Waals surface area contributed by atoms with Gasteiger partial charge in [0.1, 0.15) is 0 Å². The van der Waals surface area contributed by atoms with E-state index in [9.17, 15) is 9.59 Å². The van der Waals surface area contributed by atoms with Gasteiger partial charge in [0.2, 0.25) is 5.78 Å². The van der Waals surface area contributed by atoms with E-state index < -0.39 is 24.4 Å². The predicted octanol–water partition coefficient (Wildman–Crippen LogP) is -1.96. The maximum Gasteiger partial charge on any atom is 0.287 e. The van der Waals surface area contributed by atoms with Crippen LogP contribution < -0.4 is 5.32 Å². The average Bonchev–Trinajstić information content (AvgIpc) is 1.99. The third-order valence-corrected chi connectivity index (χ3v) is 1.03. The number of rotatable bonds is 4. The molecule has 0 rings (SSSR count). The number of ketones is 1. The van der Waals surface area contributed by atoms with Crippen LogP contribution in [0.1, 0.15) is 6.92 Å². The summed E-state index contributed by atoms with van der Waals surface area (Å²) < 4.78 is 0. The molecule has 0 saturated carbocycles. The number of hydrogen-bond acceptors (Lipinski definition) is 4. The molecule has 5 nitrogen and oxygen atoms in total. The normalized spacial score (nSPS) is 12.3. The summed E-state index contributed by atoms with van der Waals surface area (Å²) >= 11 is 0. The Morgan fingerprint density at radius 1 is 1.55 bits per heavy atom. The van der Waals surface area contributed by atoms with Crippen LogP contribution in [-0.4, -0.2) is 41.2 Å². The minimum absolute atomic E-state index is 0.102. The standard InChI is InChI=1S/C6H11NO4/c1-4(9)6(11)7-2-5(10)3-8/h5,8,10H,2-3H2,1H3,(H,7,11)/t5-/m1/s1. The molecule has 0 aliphatic rings. The summed E-state index contributed by atoms with van der Waals surface area (Å²) in [6.45, 7) is 0.591. The van der Waals surface area contributed by atoms with Gasteiger partial charge in [0, 0.05) is 13.5 Å². The molecular weight excluding hydrogens is 150 g/mol. The van der Waals surface area contributed by atoms with E-state index in [-0.39, 0.29) is 6.54 Å². The van der Waals surface area contributed by atoms with Gasteiger partial charge < -0.3 is 15.5 Å². The van der Waals surface area contributed by atoms with Crippen molar-refractivity contribution >= 4 is 11.7 Å². The molecule has 0 fully saturated rings. The summed E-state index contributed by atoms with van der Waals surface area (Å²) in [5, 5.41) is 19.1. The molecule has 0 aromatic heterocycles. The smallest absolute Gasteiger partial charge is 0.287 e. The molecule has 64 valence electrons. The molecule has 0 aromatic rings. The van der Waals surface area contributed by atoms with Crippen LogP contribution in [0.25, 0.3) is 0 Å². The van der Waals surface area contributed by atoms with Crippen molar-refractivity contribution in [2.45, 2.75) is 13.0 Å². The number of carbonyl (C=O) groups is 2. The van der Waals surface area contributed by atoms with Crippen molar-refractivity contribution in [3.8, 4) is 0 Å². The molecule has 0 aromatic carbocycles. The van der Waals surface area contributed by atoms with Crippen molar-refractivity contribution in [2.75, 3.05) is 13.2 Å². The van der Waals surface area contributed by atoms with Crippen LogP contribution in [0.4, 0.5) is 0 Å². The zero-order chi connectivity index (χ0) is 8.85. The zero-order valence-corrected chi connectivity index (χ0v) is 6.20. The van der Waals surface area contributed by atoms with Crippen LogP contribution in [0.3, 0.4) is 0 Å². The molecule has 0 aliphatic carbocycles. The van der Waals surface area contributed by atoms with E-state index in [0.29, 0.717) is 0 Å². The quantitative estimate of drug-likeness (QED) is 0.418. The number of Topliss-reactive ketones (excluding diaryl/α,β-unsaturated/α-hetero) is 1. The van der Waals surface area contributed by atoms with Gasteiger partial charge in [-0.1, -0.05) is 0 Å². The first-order valence-electron chi connectivity index (χ1n) is 3.15. The first-order chi connectivity index (χ1) is 5.07. The summed E-state index contributed by atoms with van der Waals surface area (Å²) in [5.74, 6) is -1.37. The van der Waals surface area contributed by atoms with Crippen molar-refractivity contribution in [2.24, 2.45) is 0 Å². The highest BCUT2D eigenvalue weighted by molar-refractivity contribution is 6.35. The Morgan fingerprint density at radius 3 is 2.45 bits per heavy atom. The van der Waals surface area contributed by atoms with Gasteiger partial charge in [0.25, 0.3) is 5.91 Å². The van der Waals surface area contributed by atoms with Crippen LogP contribution in [0.2, 0.25) is 0 Å². The van der Waals surface area contributed by atoms with Gasteiger partial charge in [-0.05, 0) is 0 Å². The number of carbonyl (C=O) groups excluding carboxylic acids is 2. The largest absolute Gasteiger partial charge is 0.394 e.